The molecule has 1 aliphatic heterocycles. The Morgan fingerprint density at radius 3 is 2.54 bits per heavy atom. The number of nitrogens with one attached hydrogen (secondary N) is 1. The monoisotopic (exact) mass is 378 g/mol. The average molecular weight is 379 g/mol. The van der Waals surface area contributed by atoms with Crippen LogP contribution in [0.1, 0.15) is 20.3 Å². The predicted octanol–water partition coefficient (Wildman–Crippen LogP) is 1.92. The lowest BCUT2D eigenvalue weighted by Gasteiger charge is -2.20. The molecule has 1 saturated heterocycles. The molecular formula is C14H16ClFN2O5S. The molecule has 1 fully saturated rings. The first-order chi connectivity index (χ1) is 11.0. The molecule has 24 heavy (non-hydrogen) atoms. The van der Waals surface area contributed by atoms with Gasteiger partial charge in [0, 0.05) is 26.1 Å². The van der Waals surface area contributed by atoms with Crippen molar-refractivity contribution in [2.75, 3.05) is 18.4 Å². The number of carboxylic acid groups (broad SMARTS) is 1. The Labute approximate surface area is 143 Å². The van der Waals surface area contributed by atoms with Gasteiger partial charge in [0.05, 0.1) is 16.1 Å². The second-order valence-electron chi connectivity index (χ2n) is 5.90. The van der Waals surface area contributed by atoms with E-state index in [4.69, 9.17) is 11.6 Å². The Hall–Kier alpha value is -1.71. The van der Waals surface area contributed by atoms with E-state index in [1.54, 1.807) is 0 Å². The molecule has 1 aromatic carbocycles. The van der Waals surface area contributed by atoms with Crippen molar-refractivity contribution in [1.29, 1.82) is 0 Å². The maximum atomic E-state index is 14.2. The first kappa shape index (κ1) is 18.6. The highest BCUT2D eigenvalue weighted by atomic mass is 35.5. The molecule has 7 nitrogen and oxygen atoms in total. The number of carbonyl (C=O) groups is 2. The fourth-order valence-corrected chi connectivity index (χ4v) is 4.36. The number of benzene rings is 1. The summed E-state index contributed by atoms with van der Waals surface area (Å²) >= 11 is 5.91. The van der Waals surface area contributed by atoms with Gasteiger partial charge in [-0.3, -0.25) is 9.59 Å². The Kier molecular flexibility index (Phi) is 4.89. The summed E-state index contributed by atoms with van der Waals surface area (Å²) in [4.78, 5) is 21.6. The number of rotatable bonds is 4. The zero-order valence-corrected chi connectivity index (χ0v) is 14.5. The number of hydrogen-bond donors (Lipinski definition) is 2. The molecule has 1 heterocycles. The van der Waals surface area contributed by atoms with Gasteiger partial charge in [-0.2, -0.15) is 4.31 Å². The summed E-state index contributed by atoms with van der Waals surface area (Å²) in [6, 6.07) is 1.73. The SMILES string of the molecule is CC(=O)Nc1cc(F)c(S(=O)(=O)N2CCC(C)(C(=O)O)C2)cc1Cl. The maximum absolute atomic E-state index is 14.2. The van der Waals surface area contributed by atoms with Crippen LogP contribution in [0.4, 0.5) is 10.1 Å². The van der Waals surface area contributed by atoms with Crippen molar-refractivity contribution in [1.82, 2.24) is 4.31 Å². The highest BCUT2D eigenvalue weighted by Gasteiger charge is 2.45. The number of carbonyl (C=O) groups excluding carboxylic acids is 1. The van der Waals surface area contributed by atoms with Crippen molar-refractivity contribution in [2.45, 2.75) is 25.2 Å². The van der Waals surface area contributed by atoms with Crippen LogP contribution in [0, 0.1) is 11.2 Å². The lowest BCUT2D eigenvalue weighted by molar-refractivity contribution is -0.146. The van der Waals surface area contributed by atoms with E-state index >= 15 is 0 Å². The van der Waals surface area contributed by atoms with Gasteiger partial charge in [-0.05, 0) is 19.4 Å². The molecule has 1 unspecified atom stereocenters. The van der Waals surface area contributed by atoms with Crippen LogP contribution in [-0.2, 0) is 19.6 Å². The van der Waals surface area contributed by atoms with Gasteiger partial charge in [0.25, 0.3) is 0 Å². The van der Waals surface area contributed by atoms with Crippen LogP contribution in [0.2, 0.25) is 5.02 Å². The first-order valence-corrected chi connectivity index (χ1v) is 8.79. The zero-order chi connectivity index (χ0) is 18.3. The van der Waals surface area contributed by atoms with E-state index in [2.05, 4.69) is 5.32 Å². The normalized spacial score (nSPS) is 21.7. The number of aliphatic carboxylic acids is 1. The molecule has 2 N–H and O–H groups in total. The van der Waals surface area contributed by atoms with Crippen molar-refractivity contribution in [3.05, 3.63) is 23.0 Å². The summed E-state index contributed by atoms with van der Waals surface area (Å²) in [5.74, 6) is -2.67. The fraction of sp³-hybridized carbons (Fsp3) is 0.429. The molecule has 0 aliphatic carbocycles. The van der Waals surface area contributed by atoms with Crippen LogP contribution < -0.4 is 5.32 Å². The van der Waals surface area contributed by atoms with Crippen LogP contribution >= 0.6 is 11.6 Å². The lowest BCUT2D eigenvalue weighted by atomic mass is 9.90. The van der Waals surface area contributed by atoms with Crippen molar-refractivity contribution < 1.29 is 27.5 Å². The van der Waals surface area contributed by atoms with E-state index in [9.17, 15) is 27.5 Å². The molecule has 0 saturated carbocycles. The Balaban J connectivity index is 2.39. The number of hydrogen-bond acceptors (Lipinski definition) is 4. The van der Waals surface area contributed by atoms with Gasteiger partial charge in [-0.15, -0.1) is 0 Å². The molecule has 0 spiro atoms. The van der Waals surface area contributed by atoms with Crippen LogP contribution in [0.25, 0.3) is 0 Å². The van der Waals surface area contributed by atoms with Crippen LogP contribution in [0.5, 0.6) is 0 Å². The first-order valence-electron chi connectivity index (χ1n) is 6.97. The molecule has 1 aliphatic rings. The van der Waals surface area contributed by atoms with Gasteiger partial charge in [-0.1, -0.05) is 11.6 Å². The van der Waals surface area contributed by atoms with Crippen LogP contribution in [0.3, 0.4) is 0 Å². The number of halogens is 2. The molecule has 132 valence electrons. The molecule has 2 rings (SSSR count). The minimum absolute atomic E-state index is 0.0321. The highest BCUT2D eigenvalue weighted by molar-refractivity contribution is 7.89. The summed E-state index contributed by atoms with van der Waals surface area (Å²) in [7, 11) is -4.24. The second-order valence-corrected chi connectivity index (χ2v) is 8.21. The third-order valence-corrected chi connectivity index (χ3v) is 6.08. The number of anilines is 1. The standard InChI is InChI=1S/C14H16ClFN2O5S/c1-8(19)17-11-6-10(16)12(5-9(11)15)24(22,23)18-4-3-14(2,7-18)13(20)21/h5-6H,3-4,7H2,1-2H3,(H,17,19)(H,20,21). The Morgan fingerprint density at radius 2 is 2.04 bits per heavy atom. The molecule has 0 radical (unpaired) electrons. The number of nitrogens with zero attached hydrogens (tertiary/aromatic N) is 1. The molecule has 1 amide bonds. The second kappa shape index (κ2) is 6.30. The van der Waals surface area contributed by atoms with E-state index in [1.807, 2.05) is 0 Å². The number of amides is 1. The summed E-state index contributed by atoms with van der Waals surface area (Å²) in [5, 5.41) is 11.3. The van der Waals surface area contributed by atoms with Gasteiger partial charge in [0.15, 0.2) is 0 Å². The largest absolute Gasteiger partial charge is 0.481 e. The summed E-state index contributed by atoms with van der Waals surface area (Å²) in [6.07, 6.45) is 0.126. The zero-order valence-electron chi connectivity index (χ0n) is 13.0. The number of carboxylic acids is 1. The van der Waals surface area contributed by atoms with Gasteiger partial charge in [0.1, 0.15) is 10.7 Å². The van der Waals surface area contributed by atoms with E-state index < -0.39 is 38.0 Å². The third-order valence-electron chi connectivity index (χ3n) is 3.90. The third kappa shape index (κ3) is 3.38. The molecular weight excluding hydrogens is 363 g/mol. The molecule has 1 atom stereocenters. The molecule has 0 aromatic heterocycles. The molecule has 0 bridgehead atoms. The smallest absolute Gasteiger partial charge is 0.310 e. The lowest BCUT2D eigenvalue weighted by Crippen LogP contribution is -2.35. The Morgan fingerprint density at radius 1 is 1.42 bits per heavy atom. The summed E-state index contributed by atoms with van der Waals surface area (Å²) in [6.45, 7) is 2.36. The fourth-order valence-electron chi connectivity index (χ4n) is 2.45. The van der Waals surface area contributed by atoms with Crippen molar-refractivity contribution in [3.8, 4) is 0 Å². The van der Waals surface area contributed by atoms with E-state index in [0.717, 1.165) is 16.4 Å². The van der Waals surface area contributed by atoms with Crippen molar-refractivity contribution >= 4 is 39.2 Å². The minimum atomic E-state index is -4.24. The maximum Gasteiger partial charge on any atom is 0.310 e. The summed E-state index contributed by atoms with van der Waals surface area (Å²) < 4.78 is 40.4. The van der Waals surface area contributed by atoms with Gasteiger partial charge >= 0.3 is 5.97 Å². The minimum Gasteiger partial charge on any atom is -0.481 e. The summed E-state index contributed by atoms with van der Waals surface area (Å²) in [5.41, 5.74) is -1.26. The molecule has 10 heteroatoms. The highest BCUT2D eigenvalue weighted by Crippen LogP contribution is 2.36. The van der Waals surface area contributed by atoms with Gasteiger partial charge in [0.2, 0.25) is 15.9 Å². The van der Waals surface area contributed by atoms with Crippen LogP contribution in [0.15, 0.2) is 17.0 Å². The van der Waals surface area contributed by atoms with Crippen molar-refractivity contribution in [3.63, 3.8) is 0 Å². The predicted molar refractivity (Wildman–Crippen MR) is 84.8 cm³/mol. The quantitative estimate of drug-likeness (QED) is 0.833. The molecule has 1 aromatic rings. The van der Waals surface area contributed by atoms with Gasteiger partial charge in [-0.25, -0.2) is 12.8 Å². The Bertz CT molecular complexity index is 814. The van der Waals surface area contributed by atoms with Crippen LogP contribution in [-0.4, -0.2) is 42.8 Å². The van der Waals surface area contributed by atoms with E-state index in [-0.39, 0.29) is 30.2 Å². The number of sulfonamides is 1. The van der Waals surface area contributed by atoms with Gasteiger partial charge < -0.3 is 10.4 Å². The topological polar surface area (TPSA) is 104 Å². The van der Waals surface area contributed by atoms with E-state index in [0.29, 0.717) is 0 Å². The average Bonchev–Trinajstić information content (AvgIpc) is 2.86. The van der Waals surface area contributed by atoms with E-state index in [1.165, 1.54) is 13.8 Å². The van der Waals surface area contributed by atoms with Crippen molar-refractivity contribution in [2.24, 2.45) is 5.41 Å².